The van der Waals surface area contributed by atoms with E-state index in [0.29, 0.717) is 6.04 Å². The first-order valence-corrected chi connectivity index (χ1v) is 8.76. The molecule has 0 fully saturated rings. The maximum absolute atomic E-state index is 6.41. The van der Waals surface area contributed by atoms with Crippen LogP contribution in [-0.4, -0.2) is 7.11 Å². The molecular formula is C22H22ClNO. The summed E-state index contributed by atoms with van der Waals surface area (Å²) in [5.74, 6) is 0.842. The quantitative estimate of drug-likeness (QED) is 0.600. The van der Waals surface area contributed by atoms with Gasteiger partial charge in [-0.3, -0.25) is 0 Å². The van der Waals surface area contributed by atoms with Gasteiger partial charge in [0.05, 0.1) is 7.11 Å². The van der Waals surface area contributed by atoms with Gasteiger partial charge in [-0.2, -0.15) is 0 Å². The number of hydrogen-bond acceptors (Lipinski definition) is 2. The van der Waals surface area contributed by atoms with Crippen LogP contribution in [0.2, 0.25) is 5.02 Å². The molecule has 0 bridgehead atoms. The minimum absolute atomic E-state index is 0.293. The number of benzene rings is 3. The molecule has 0 saturated heterocycles. The summed E-state index contributed by atoms with van der Waals surface area (Å²) in [7, 11) is 1.67. The summed E-state index contributed by atoms with van der Waals surface area (Å²) in [6, 6.07) is 24.9. The summed E-state index contributed by atoms with van der Waals surface area (Å²) < 4.78 is 5.22. The van der Waals surface area contributed by atoms with Crippen LogP contribution >= 0.6 is 11.6 Å². The highest BCUT2D eigenvalue weighted by Gasteiger charge is 2.08. The van der Waals surface area contributed by atoms with Crippen LogP contribution in [0.1, 0.15) is 24.1 Å². The Morgan fingerprint density at radius 1 is 0.960 bits per heavy atom. The summed E-state index contributed by atoms with van der Waals surface area (Å²) >= 11 is 6.41. The minimum atomic E-state index is 0.293. The van der Waals surface area contributed by atoms with Gasteiger partial charge in [0.25, 0.3) is 0 Å². The Morgan fingerprint density at radius 3 is 2.36 bits per heavy atom. The Labute approximate surface area is 154 Å². The Hall–Kier alpha value is -2.29. The van der Waals surface area contributed by atoms with Crippen molar-refractivity contribution in [1.82, 2.24) is 5.32 Å². The van der Waals surface area contributed by atoms with Gasteiger partial charge < -0.3 is 10.1 Å². The van der Waals surface area contributed by atoms with Gasteiger partial charge >= 0.3 is 0 Å². The van der Waals surface area contributed by atoms with E-state index < -0.39 is 0 Å². The molecule has 0 heterocycles. The van der Waals surface area contributed by atoms with E-state index in [9.17, 15) is 0 Å². The predicted molar refractivity (Wildman–Crippen MR) is 105 cm³/mol. The largest absolute Gasteiger partial charge is 0.497 e. The second-order valence-electron chi connectivity index (χ2n) is 6.06. The Bertz CT molecular complexity index is 815. The third kappa shape index (κ3) is 4.41. The second kappa shape index (κ2) is 8.19. The molecule has 0 unspecified atom stereocenters. The molecule has 0 aromatic heterocycles. The average Bonchev–Trinajstić information content (AvgIpc) is 2.68. The highest BCUT2D eigenvalue weighted by molar-refractivity contribution is 6.33. The van der Waals surface area contributed by atoms with E-state index in [2.05, 4.69) is 48.6 Å². The van der Waals surface area contributed by atoms with E-state index in [0.717, 1.165) is 28.4 Å². The first kappa shape index (κ1) is 17.5. The van der Waals surface area contributed by atoms with Crippen LogP contribution in [0.3, 0.4) is 0 Å². The topological polar surface area (TPSA) is 21.3 Å². The Morgan fingerprint density at radius 2 is 1.68 bits per heavy atom. The van der Waals surface area contributed by atoms with Crippen LogP contribution in [0.5, 0.6) is 5.75 Å². The molecule has 0 saturated carbocycles. The fourth-order valence-corrected chi connectivity index (χ4v) is 3.03. The fourth-order valence-electron chi connectivity index (χ4n) is 2.80. The summed E-state index contributed by atoms with van der Waals surface area (Å²) in [5, 5.41) is 4.32. The van der Waals surface area contributed by atoms with Crippen LogP contribution in [0.15, 0.2) is 72.8 Å². The highest BCUT2D eigenvalue weighted by Crippen LogP contribution is 2.30. The van der Waals surface area contributed by atoms with Crippen molar-refractivity contribution in [3.05, 3.63) is 88.9 Å². The standard InChI is InChI=1S/C22H22ClNO/c1-16(18-6-4-3-5-7-18)24-15-17-8-13-22(23)21(14-17)19-9-11-20(25-2)12-10-19/h3-14,16,24H,15H2,1-2H3/t16-/m1/s1. The minimum Gasteiger partial charge on any atom is -0.497 e. The number of methoxy groups -OCH3 is 1. The third-order valence-corrected chi connectivity index (χ3v) is 4.67. The highest BCUT2D eigenvalue weighted by atomic mass is 35.5. The van der Waals surface area contributed by atoms with Gasteiger partial charge in [-0.25, -0.2) is 0 Å². The monoisotopic (exact) mass is 351 g/mol. The van der Waals surface area contributed by atoms with Crippen LogP contribution in [-0.2, 0) is 6.54 Å². The lowest BCUT2D eigenvalue weighted by Crippen LogP contribution is -2.18. The molecule has 0 spiro atoms. The van der Waals surface area contributed by atoms with Gasteiger partial charge in [-0.1, -0.05) is 60.1 Å². The van der Waals surface area contributed by atoms with E-state index in [4.69, 9.17) is 16.3 Å². The van der Waals surface area contributed by atoms with Crippen LogP contribution in [0.4, 0.5) is 0 Å². The summed E-state index contributed by atoms with van der Waals surface area (Å²) in [5.41, 5.74) is 4.62. The van der Waals surface area contributed by atoms with Gasteiger partial charge in [-0.15, -0.1) is 0 Å². The molecule has 1 N–H and O–H groups in total. The van der Waals surface area contributed by atoms with E-state index >= 15 is 0 Å². The van der Waals surface area contributed by atoms with Crippen molar-refractivity contribution in [2.24, 2.45) is 0 Å². The fraction of sp³-hybridized carbons (Fsp3) is 0.182. The van der Waals surface area contributed by atoms with Crippen molar-refractivity contribution in [3.63, 3.8) is 0 Å². The molecule has 3 heteroatoms. The smallest absolute Gasteiger partial charge is 0.118 e. The zero-order valence-electron chi connectivity index (χ0n) is 14.5. The van der Waals surface area contributed by atoms with E-state index in [1.54, 1.807) is 7.11 Å². The molecule has 3 rings (SSSR count). The van der Waals surface area contributed by atoms with Crippen molar-refractivity contribution in [1.29, 1.82) is 0 Å². The van der Waals surface area contributed by atoms with Crippen molar-refractivity contribution >= 4 is 11.6 Å². The molecule has 0 aliphatic rings. The molecule has 3 aromatic rings. The number of rotatable bonds is 6. The van der Waals surface area contributed by atoms with Gasteiger partial charge in [0.1, 0.15) is 5.75 Å². The first-order chi connectivity index (χ1) is 12.2. The first-order valence-electron chi connectivity index (χ1n) is 8.38. The number of ether oxygens (including phenoxy) is 1. The maximum Gasteiger partial charge on any atom is 0.118 e. The molecule has 0 aliphatic carbocycles. The lowest BCUT2D eigenvalue weighted by atomic mass is 10.0. The molecule has 128 valence electrons. The molecule has 25 heavy (non-hydrogen) atoms. The van der Waals surface area contributed by atoms with Crippen LogP contribution in [0.25, 0.3) is 11.1 Å². The van der Waals surface area contributed by atoms with Gasteiger partial charge in [0.2, 0.25) is 0 Å². The zero-order chi connectivity index (χ0) is 17.6. The number of nitrogens with one attached hydrogen (secondary N) is 1. The molecule has 1 atom stereocenters. The summed E-state index contributed by atoms with van der Waals surface area (Å²) in [6.45, 7) is 2.96. The summed E-state index contributed by atoms with van der Waals surface area (Å²) in [6.07, 6.45) is 0. The predicted octanol–water partition coefficient (Wildman–Crippen LogP) is 5.87. The lowest BCUT2D eigenvalue weighted by Gasteiger charge is -2.15. The molecule has 0 radical (unpaired) electrons. The zero-order valence-corrected chi connectivity index (χ0v) is 15.3. The molecular weight excluding hydrogens is 330 g/mol. The normalized spacial score (nSPS) is 12.0. The Kier molecular flexibility index (Phi) is 5.75. The van der Waals surface area contributed by atoms with Crippen molar-refractivity contribution < 1.29 is 4.74 Å². The van der Waals surface area contributed by atoms with Crippen molar-refractivity contribution in [2.45, 2.75) is 19.5 Å². The average molecular weight is 352 g/mol. The maximum atomic E-state index is 6.41. The third-order valence-electron chi connectivity index (χ3n) is 4.34. The number of halogens is 1. The van der Waals surface area contributed by atoms with Gasteiger partial charge in [0.15, 0.2) is 0 Å². The lowest BCUT2D eigenvalue weighted by molar-refractivity contribution is 0.415. The van der Waals surface area contributed by atoms with Crippen LogP contribution < -0.4 is 10.1 Å². The second-order valence-corrected chi connectivity index (χ2v) is 6.46. The van der Waals surface area contributed by atoms with Gasteiger partial charge in [-0.05, 0) is 47.9 Å². The van der Waals surface area contributed by atoms with Crippen LogP contribution in [0, 0.1) is 0 Å². The molecule has 3 aromatic carbocycles. The van der Waals surface area contributed by atoms with Crippen molar-refractivity contribution in [2.75, 3.05) is 7.11 Å². The van der Waals surface area contributed by atoms with Gasteiger partial charge in [0, 0.05) is 23.2 Å². The number of hydrogen-bond donors (Lipinski definition) is 1. The molecule has 0 aliphatic heterocycles. The van der Waals surface area contributed by atoms with E-state index in [1.807, 2.05) is 36.4 Å². The molecule has 0 amide bonds. The van der Waals surface area contributed by atoms with Crippen molar-refractivity contribution in [3.8, 4) is 16.9 Å². The van der Waals surface area contributed by atoms with E-state index in [1.165, 1.54) is 11.1 Å². The molecule has 2 nitrogen and oxygen atoms in total. The SMILES string of the molecule is COc1ccc(-c2cc(CN[C@H](C)c3ccccc3)ccc2Cl)cc1. The Balaban J connectivity index is 1.74. The van der Waals surface area contributed by atoms with E-state index in [-0.39, 0.29) is 0 Å². The summed E-state index contributed by atoms with van der Waals surface area (Å²) in [4.78, 5) is 0.